The number of rotatable bonds is 5. The molecule has 36 heavy (non-hydrogen) atoms. The number of anilines is 1. The number of piperidine rings is 2. The molecule has 2 saturated heterocycles. The van der Waals surface area contributed by atoms with Crippen LogP contribution >= 0.6 is 0 Å². The van der Waals surface area contributed by atoms with Gasteiger partial charge in [0.1, 0.15) is 11.8 Å². The molecule has 186 valence electrons. The average Bonchev–Trinajstić information content (AvgIpc) is 3.14. The van der Waals surface area contributed by atoms with E-state index >= 15 is 0 Å². The Kier molecular flexibility index (Phi) is 6.17. The first-order chi connectivity index (χ1) is 17.4. The molecule has 5 amide bonds. The number of nitrogens with zero attached hydrogens (tertiary/aromatic N) is 2. The molecule has 10 nitrogen and oxygen atoms in total. The summed E-state index contributed by atoms with van der Waals surface area (Å²) in [6.45, 7) is 1.15. The van der Waals surface area contributed by atoms with Crippen molar-refractivity contribution < 1.29 is 28.7 Å². The number of hydrogen-bond acceptors (Lipinski definition) is 7. The highest BCUT2D eigenvalue weighted by atomic mass is 16.5. The molecule has 2 N–H and O–H groups in total. The number of methoxy groups -OCH3 is 1. The van der Waals surface area contributed by atoms with Gasteiger partial charge in [-0.3, -0.25) is 34.2 Å². The number of carbonyl (C=O) groups is 5. The summed E-state index contributed by atoms with van der Waals surface area (Å²) >= 11 is 0. The van der Waals surface area contributed by atoms with Gasteiger partial charge >= 0.3 is 0 Å². The third-order valence-electron chi connectivity index (χ3n) is 6.97. The lowest BCUT2D eigenvalue weighted by atomic mass is 10.0. The molecule has 5 rings (SSSR count). The van der Waals surface area contributed by atoms with Crippen LogP contribution in [-0.4, -0.2) is 66.7 Å². The van der Waals surface area contributed by atoms with Gasteiger partial charge in [0.15, 0.2) is 0 Å². The zero-order valence-corrected chi connectivity index (χ0v) is 19.8. The summed E-state index contributed by atoms with van der Waals surface area (Å²) in [7, 11) is 1.52. The van der Waals surface area contributed by atoms with Crippen LogP contribution < -0.4 is 20.3 Å². The summed E-state index contributed by atoms with van der Waals surface area (Å²) in [5.74, 6) is -1.77. The predicted octanol–water partition coefficient (Wildman–Crippen LogP) is 1.50. The summed E-state index contributed by atoms with van der Waals surface area (Å²) in [4.78, 5) is 66.1. The Morgan fingerprint density at radius 3 is 2.44 bits per heavy atom. The minimum Gasteiger partial charge on any atom is -0.496 e. The van der Waals surface area contributed by atoms with Gasteiger partial charge in [0.05, 0.1) is 29.5 Å². The quantitative estimate of drug-likeness (QED) is 0.609. The molecule has 10 heteroatoms. The Bertz CT molecular complexity index is 1270. The van der Waals surface area contributed by atoms with E-state index in [1.54, 1.807) is 42.5 Å². The van der Waals surface area contributed by atoms with Crippen molar-refractivity contribution in [2.75, 3.05) is 25.1 Å². The number of imide groups is 2. The largest absolute Gasteiger partial charge is 0.496 e. The summed E-state index contributed by atoms with van der Waals surface area (Å²) in [6.07, 6.45) is 1.50. The minimum absolute atomic E-state index is 0.0484. The number of para-hydroxylation sites is 1. The molecule has 2 aromatic rings. The van der Waals surface area contributed by atoms with E-state index in [4.69, 9.17) is 4.74 Å². The van der Waals surface area contributed by atoms with Crippen molar-refractivity contribution >= 4 is 35.2 Å². The van der Waals surface area contributed by atoms with Gasteiger partial charge in [-0.2, -0.15) is 0 Å². The molecule has 0 spiro atoms. The van der Waals surface area contributed by atoms with E-state index < -0.39 is 29.7 Å². The van der Waals surface area contributed by atoms with Crippen LogP contribution in [0.1, 0.15) is 56.8 Å². The molecule has 3 heterocycles. The van der Waals surface area contributed by atoms with Gasteiger partial charge in [0.25, 0.3) is 17.7 Å². The topological polar surface area (TPSA) is 125 Å². The SMILES string of the molecule is COc1ccccc1C(=O)NC1CCN(c2cccc3c2C(=O)N(C2CCC(=O)NC2=O)C3=O)CC1. The maximum Gasteiger partial charge on any atom is 0.264 e. The van der Waals surface area contributed by atoms with Crippen molar-refractivity contribution in [2.45, 2.75) is 37.8 Å². The first-order valence-corrected chi connectivity index (χ1v) is 11.9. The minimum atomic E-state index is -1.00. The predicted molar refractivity (Wildman–Crippen MR) is 129 cm³/mol. The van der Waals surface area contributed by atoms with E-state index in [2.05, 4.69) is 10.6 Å². The number of hydrogen-bond donors (Lipinski definition) is 2. The fourth-order valence-electron chi connectivity index (χ4n) is 5.12. The molecule has 3 aliphatic heterocycles. The van der Waals surface area contributed by atoms with Crippen LogP contribution in [0.3, 0.4) is 0 Å². The normalized spacial score (nSPS) is 20.3. The number of fused-ring (bicyclic) bond motifs is 1. The van der Waals surface area contributed by atoms with Crippen molar-refractivity contribution in [1.29, 1.82) is 0 Å². The van der Waals surface area contributed by atoms with Crippen molar-refractivity contribution in [2.24, 2.45) is 0 Å². The molecule has 3 aliphatic rings. The second-order valence-corrected chi connectivity index (χ2v) is 9.08. The maximum absolute atomic E-state index is 13.4. The van der Waals surface area contributed by atoms with Crippen LogP contribution in [0.15, 0.2) is 42.5 Å². The monoisotopic (exact) mass is 490 g/mol. The molecule has 0 bridgehead atoms. The first-order valence-electron chi connectivity index (χ1n) is 11.9. The Labute approximate surface area is 207 Å². The zero-order chi connectivity index (χ0) is 25.4. The van der Waals surface area contributed by atoms with Crippen LogP contribution in [0.2, 0.25) is 0 Å². The molecular weight excluding hydrogens is 464 g/mol. The van der Waals surface area contributed by atoms with Crippen molar-refractivity contribution in [3.05, 3.63) is 59.2 Å². The van der Waals surface area contributed by atoms with Crippen LogP contribution in [0, 0.1) is 0 Å². The Hall–Kier alpha value is -4.21. The average molecular weight is 491 g/mol. The number of benzene rings is 2. The van der Waals surface area contributed by atoms with Gasteiger partial charge < -0.3 is 15.0 Å². The Morgan fingerprint density at radius 1 is 0.972 bits per heavy atom. The molecule has 2 fully saturated rings. The number of ether oxygens (including phenoxy) is 1. The van der Waals surface area contributed by atoms with E-state index in [0.717, 1.165) is 4.90 Å². The maximum atomic E-state index is 13.4. The van der Waals surface area contributed by atoms with Crippen LogP contribution in [0.25, 0.3) is 0 Å². The highest BCUT2D eigenvalue weighted by Crippen LogP contribution is 2.35. The molecule has 1 atom stereocenters. The van der Waals surface area contributed by atoms with Gasteiger partial charge in [-0.05, 0) is 43.5 Å². The lowest BCUT2D eigenvalue weighted by molar-refractivity contribution is -0.136. The van der Waals surface area contributed by atoms with E-state index in [9.17, 15) is 24.0 Å². The van der Waals surface area contributed by atoms with Crippen LogP contribution in [0.4, 0.5) is 5.69 Å². The van der Waals surface area contributed by atoms with Gasteiger partial charge in [0, 0.05) is 25.6 Å². The number of nitrogens with one attached hydrogen (secondary N) is 2. The summed E-state index contributed by atoms with van der Waals surface area (Å²) in [5, 5.41) is 5.28. The van der Waals surface area contributed by atoms with Gasteiger partial charge in [0.2, 0.25) is 11.8 Å². The van der Waals surface area contributed by atoms with Crippen LogP contribution in [-0.2, 0) is 9.59 Å². The Morgan fingerprint density at radius 2 is 1.72 bits per heavy atom. The third kappa shape index (κ3) is 4.08. The standard InChI is InChI=1S/C26H26N4O6/c1-36-20-8-3-2-5-16(20)23(32)27-15-11-13-29(14-12-15)18-7-4-6-17-22(18)26(35)30(25(17)34)19-9-10-21(31)28-24(19)33/h2-8,15,19H,9-14H2,1H3,(H,27,32)(H,28,31,33). The molecule has 1 unspecified atom stereocenters. The summed E-state index contributed by atoms with van der Waals surface area (Å²) in [6, 6.07) is 11.1. The Balaban J connectivity index is 1.29. The lowest BCUT2D eigenvalue weighted by Crippen LogP contribution is -2.54. The second kappa shape index (κ2) is 9.44. The highest BCUT2D eigenvalue weighted by Gasteiger charge is 2.46. The van der Waals surface area contributed by atoms with Crippen LogP contribution in [0.5, 0.6) is 5.75 Å². The van der Waals surface area contributed by atoms with Crippen molar-refractivity contribution in [1.82, 2.24) is 15.5 Å². The fraction of sp³-hybridized carbons (Fsp3) is 0.346. The molecule has 2 aromatic carbocycles. The molecule has 0 saturated carbocycles. The van der Waals surface area contributed by atoms with E-state index in [1.165, 1.54) is 7.11 Å². The number of carbonyl (C=O) groups excluding carboxylic acids is 5. The second-order valence-electron chi connectivity index (χ2n) is 9.08. The molecule has 0 radical (unpaired) electrons. The van der Waals surface area contributed by atoms with E-state index in [-0.39, 0.29) is 35.9 Å². The highest BCUT2D eigenvalue weighted by molar-refractivity contribution is 6.25. The zero-order valence-electron chi connectivity index (χ0n) is 19.8. The van der Waals surface area contributed by atoms with Crippen molar-refractivity contribution in [3.8, 4) is 5.75 Å². The van der Waals surface area contributed by atoms with Gasteiger partial charge in [-0.1, -0.05) is 18.2 Å². The van der Waals surface area contributed by atoms with E-state index in [1.807, 2.05) is 4.90 Å². The number of amides is 5. The first kappa shape index (κ1) is 23.5. The summed E-state index contributed by atoms with van der Waals surface area (Å²) < 4.78 is 5.28. The summed E-state index contributed by atoms with van der Waals surface area (Å²) in [5.41, 5.74) is 1.65. The molecule has 0 aromatic heterocycles. The fourth-order valence-corrected chi connectivity index (χ4v) is 5.12. The van der Waals surface area contributed by atoms with E-state index in [0.29, 0.717) is 42.9 Å². The lowest BCUT2D eigenvalue weighted by Gasteiger charge is -2.35. The van der Waals surface area contributed by atoms with Crippen molar-refractivity contribution in [3.63, 3.8) is 0 Å². The van der Waals surface area contributed by atoms with Gasteiger partial charge in [-0.15, -0.1) is 0 Å². The van der Waals surface area contributed by atoms with Gasteiger partial charge in [-0.25, -0.2) is 0 Å². The third-order valence-corrected chi connectivity index (χ3v) is 6.97. The molecule has 0 aliphatic carbocycles. The smallest absolute Gasteiger partial charge is 0.264 e. The molecular formula is C26H26N4O6.